The summed E-state index contributed by atoms with van der Waals surface area (Å²) >= 11 is 0. The van der Waals surface area contributed by atoms with Gasteiger partial charge in [-0.05, 0) is 63.0 Å². The van der Waals surface area contributed by atoms with Crippen LogP contribution in [0.2, 0.25) is 0 Å². The molecule has 2 heterocycles. The van der Waals surface area contributed by atoms with Crippen LogP contribution < -0.4 is 5.32 Å². The molecule has 1 saturated carbocycles. The molecule has 1 saturated heterocycles. The number of piperidine rings is 1. The van der Waals surface area contributed by atoms with Crippen LogP contribution in [0.1, 0.15) is 94.5 Å². The van der Waals surface area contributed by atoms with Crippen LogP contribution in [-0.4, -0.2) is 44.6 Å². The van der Waals surface area contributed by atoms with Crippen molar-refractivity contribution in [3.63, 3.8) is 0 Å². The Morgan fingerprint density at radius 2 is 1.86 bits per heavy atom. The third-order valence-corrected chi connectivity index (χ3v) is 7.40. The number of nitrogens with zero attached hydrogens (tertiary/aromatic N) is 4. The molecule has 2 fully saturated rings. The molecule has 0 bridgehead atoms. The molecule has 0 radical (unpaired) electrons. The normalized spacial score (nSPS) is 20.7. The van der Waals surface area contributed by atoms with E-state index in [1.165, 1.54) is 0 Å². The summed E-state index contributed by atoms with van der Waals surface area (Å²) in [6.07, 6.45) is 6.13. The van der Waals surface area contributed by atoms with E-state index < -0.39 is 0 Å². The highest BCUT2D eigenvalue weighted by Gasteiger charge is 2.41. The van der Waals surface area contributed by atoms with Crippen molar-refractivity contribution in [2.24, 2.45) is 11.3 Å². The van der Waals surface area contributed by atoms with E-state index in [2.05, 4.69) is 46.9 Å². The van der Waals surface area contributed by atoms with Crippen LogP contribution in [-0.2, 0) is 16.0 Å². The molecule has 1 aromatic heterocycles. The Hall–Kier alpha value is -2.70. The van der Waals surface area contributed by atoms with Gasteiger partial charge in [0.15, 0.2) is 0 Å². The number of benzene rings is 1. The van der Waals surface area contributed by atoms with Crippen molar-refractivity contribution in [2.45, 2.75) is 92.0 Å². The average Bonchev–Trinajstić information content (AvgIpc) is 3.54. The number of rotatable bonds is 7. The third-order valence-electron chi connectivity index (χ3n) is 7.40. The molecule has 1 aliphatic heterocycles. The number of carbonyl (C=O) groups excluding carboxylic acids is 2. The summed E-state index contributed by atoms with van der Waals surface area (Å²) in [6.45, 7) is 13.5. The molecular formula is C28H41N5O2. The highest BCUT2D eigenvalue weighted by molar-refractivity contribution is 5.94. The number of hydrogen-bond donors (Lipinski definition) is 1. The minimum Gasteiger partial charge on any atom is -0.342 e. The molecule has 2 amide bonds. The zero-order valence-corrected chi connectivity index (χ0v) is 22.2. The molecule has 2 aromatic rings. The Morgan fingerprint density at radius 1 is 1.11 bits per heavy atom. The van der Waals surface area contributed by atoms with Gasteiger partial charge in [0.05, 0.1) is 5.92 Å². The van der Waals surface area contributed by atoms with Crippen molar-refractivity contribution < 1.29 is 9.59 Å². The van der Waals surface area contributed by atoms with Gasteiger partial charge >= 0.3 is 0 Å². The number of aryl methyl sites for hydroxylation is 3. The lowest BCUT2D eigenvalue weighted by Gasteiger charge is -2.37. The second kappa shape index (κ2) is 10.1. The van der Waals surface area contributed by atoms with E-state index in [1.54, 1.807) is 11.8 Å². The summed E-state index contributed by atoms with van der Waals surface area (Å²) in [4.78, 5) is 27.6. The Balaban J connectivity index is 1.60. The first-order chi connectivity index (χ1) is 16.5. The standard InChI is InChI=1S/C28H41N5O2/c1-18-9-12-24(19(2)16-18)29-27(35)23-17-32(20(3)34)15-13-22(23)26-31-30-25(33(26)21-10-11-21)8-7-14-28(4,5)6/h9,12,16,21-23H,7-8,10-11,13-15,17H2,1-6H3,(H,29,35)/t22-,23-/m0/s1. The topological polar surface area (TPSA) is 80.1 Å². The summed E-state index contributed by atoms with van der Waals surface area (Å²) in [7, 11) is 0. The third kappa shape index (κ3) is 6.11. The number of amides is 2. The van der Waals surface area contributed by atoms with Gasteiger partial charge in [0.1, 0.15) is 11.6 Å². The van der Waals surface area contributed by atoms with Gasteiger partial charge in [-0.25, -0.2) is 0 Å². The van der Waals surface area contributed by atoms with Gasteiger partial charge < -0.3 is 14.8 Å². The van der Waals surface area contributed by atoms with E-state index in [0.29, 0.717) is 24.5 Å². The van der Waals surface area contributed by atoms with E-state index in [1.807, 2.05) is 26.0 Å². The first-order valence-corrected chi connectivity index (χ1v) is 13.1. The van der Waals surface area contributed by atoms with Crippen LogP contribution in [0.3, 0.4) is 0 Å². The molecule has 2 atom stereocenters. The van der Waals surface area contributed by atoms with Crippen LogP contribution in [0, 0.1) is 25.2 Å². The van der Waals surface area contributed by atoms with Crippen molar-refractivity contribution >= 4 is 17.5 Å². The first-order valence-electron chi connectivity index (χ1n) is 13.1. The summed E-state index contributed by atoms with van der Waals surface area (Å²) in [6, 6.07) is 6.49. The number of carbonyl (C=O) groups is 2. The monoisotopic (exact) mass is 479 g/mol. The van der Waals surface area contributed by atoms with E-state index in [9.17, 15) is 9.59 Å². The van der Waals surface area contributed by atoms with Crippen LogP contribution in [0.5, 0.6) is 0 Å². The number of hydrogen-bond acceptors (Lipinski definition) is 4. The Morgan fingerprint density at radius 3 is 2.49 bits per heavy atom. The zero-order valence-electron chi connectivity index (χ0n) is 22.2. The van der Waals surface area contributed by atoms with E-state index in [0.717, 1.165) is 67.0 Å². The van der Waals surface area contributed by atoms with Crippen LogP contribution in [0.15, 0.2) is 18.2 Å². The smallest absolute Gasteiger partial charge is 0.230 e. The van der Waals surface area contributed by atoms with Gasteiger partial charge in [0, 0.05) is 44.1 Å². The fourth-order valence-electron chi connectivity index (χ4n) is 5.26. The van der Waals surface area contributed by atoms with Crippen molar-refractivity contribution in [3.8, 4) is 0 Å². The molecule has 7 nitrogen and oxygen atoms in total. The minimum absolute atomic E-state index is 0.0132. The van der Waals surface area contributed by atoms with E-state index in [-0.39, 0.29) is 23.7 Å². The van der Waals surface area contributed by atoms with Crippen molar-refractivity contribution in [1.82, 2.24) is 19.7 Å². The summed E-state index contributed by atoms with van der Waals surface area (Å²) in [5, 5.41) is 12.5. The maximum atomic E-state index is 13.6. The molecule has 35 heavy (non-hydrogen) atoms. The molecule has 2 aliphatic rings. The van der Waals surface area contributed by atoms with Crippen LogP contribution >= 0.6 is 0 Å². The van der Waals surface area contributed by atoms with Gasteiger partial charge in [0.2, 0.25) is 11.8 Å². The molecule has 4 rings (SSSR count). The number of aromatic nitrogens is 3. The lowest BCUT2D eigenvalue weighted by Crippen LogP contribution is -2.47. The van der Waals surface area contributed by atoms with Gasteiger partial charge in [-0.2, -0.15) is 0 Å². The number of likely N-dealkylation sites (tertiary alicyclic amines) is 1. The molecule has 1 aliphatic carbocycles. The first kappa shape index (κ1) is 25.4. The minimum atomic E-state index is -0.363. The number of anilines is 1. The maximum absolute atomic E-state index is 13.6. The molecular weight excluding hydrogens is 438 g/mol. The maximum Gasteiger partial charge on any atom is 0.230 e. The second-order valence-electron chi connectivity index (χ2n) is 11.8. The highest BCUT2D eigenvalue weighted by atomic mass is 16.2. The quantitative estimate of drug-likeness (QED) is 0.593. The predicted octanol–water partition coefficient (Wildman–Crippen LogP) is 5.19. The summed E-state index contributed by atoms with van der Waals surface area (Å²) in [5.74, 6) is 1.53. The van der Waals surface area contributed by atoms with Gasteiger partial charge in [-0.15, -0.1) is 10.2 Å². The Bertz CT molecular complexity index is 1080. The van der Waals surface area contributed by atoms with Crippen LogP contribution in [0.25, 0.3) is 0 Å². The van der Waals surface area contributed by atoms with Crippen molar-refractivity contribution in [2.75, 3.05) is 18.4 Å². The Labute approximate surface area is 209 Å². The Kier molecular flexibility index (Phi) is 7.34. The number of nitrogens with one attached hydrogen (secondary N) is 1. The molecule has 0 spiro atoms. The van der Waals surface area contributed by atoms with Gasteiger partial charge in [-0.3, -0.25) is 9.59 Å². The van der Waals surface area contributed by atoms with Crippen LogP contribution in [0.4, 0.5) is 5.69 Å². The lowest BCUT2D eigenvalue weighted by molar-refractivity contribution is -0.133. The SMILES string of the molecule is CC(=O)N1CC[C@H](c2nnc(CCCC(C)(C)C)n2C2CC2)[C@@H](C(=O)Nc2ccc(C)cc2C)C1. The molecule has 7 heteroatoms. The van der Waals surface area contributed by atoms with Gasteiger partial charge in [0.25, 0.3) is 0 Å². The molecule has 1 N–H and O–H groups in total. The molecule has 0 unspecified atom stereocenters. The lowest BCUT2D eigenvalue weighted by atomic mass is 9.83. The van der Waals surface area contributed by atoms with Crippen molar-refractivity contribution in [1.29, 1.82) is 0 Å². The largest absolute Gasteiger partial charge is 0.342 e. The summed E-state index contributed by atoms with van der Waals surface area (Å²) in [5.41, 5.74) is 3.32. The average molecular weight is 480 g/mol. The fraction of sp³-hybridized carbons (Fsp3) is 0.643. The highest BCUT2D eigenvalue weighted by Crippen LogP contribution is 2.42. The van der Waals surface area contributed by atoms with Crippen molar-refractivity contribution in [3.05, 3.63) is 41.0 Å². The van der Waals surface area contributed by atoms with E-state index in [4.69, 9.17) is 0 Å². The zero-order chi connectivity index (χ0) is 25.3. The second-order valence-corrected chi connectivity index (χ2v) is 11.8. The fourth-order valence-corrected chi connectivity index (χ4v) is 5.26. The van der Waals surface area contributed by atoms with E-state index >= 15 is 0 Å². The summed E-state index contributed by atoms with van der Waals surface area (Å²) < 4.78 is 2.34. The molecule has 190 valence electrons. The predicted molar refractivity (Wildman–Crippen MR) is 138 cm³/mol. The van der Waals surface area contributed by atoms with Gasteiger partial charge in [-0.1, -0.05) is 38.5 Å². The molecule has 1 aromatic carbocycles.